The fourth-order valence-corrected chi connectivity index (χ4v) is 5.71. The Kier molecular flexibility index (Phi) is 8.71. The third kappa shape index (κ3) is 6.79. The lowest BCUT2D eigenvalue weighted by Crippen LogP contribution is -2.57. The van der Waals surface area contributed by atoms with Crippen LogP contribution in [0.15, 0.2) is 29.2 Å². The van der Waals surface area contributed by atoms with Crippen LogP contribution in [-0.4, -0.2) is 69.3 Å². The zero-order valence-corrected chi connectivity index (χ0v) is 22.2. The Labute approximate surface area is 213 Å². The van der Waals surface area contributed by atoms with Crippen LogP contribution in [0.1, 0.15) is 52.9 Å². The first-order valence-corrected chi connectivity index (χ1v) is 13.8. The fraction of sp³-hybridized carbons (Fsp3) is 0.625. The van der Waals surface area contributed by atoms with Crippen LogP contribution >= 0.6 is 0 Å². The van der Waals surface area contributed by atoms with Crippen molar-refractivity contribution in [2.24, 2.45) is 11.1 Å². The van der Waals surface area contributed by atoms with Gasteiger partial charge in [0.05, 0.1) is 11.0 Å². The van der Waals surface area contributed by atoms with Crippen molar-refractivity contribution in [3.05, 3.63) is 24.3 Å². The number of nitrogens with two attached hydrogens (primary N) is 1. The molecule has 1 saturated heterocycles. The fourth-order valence-electron chi connectivity index (χ4n) is 4.63. The number of rotatable bonds is 8. The van der Waals surface area contributed by atoms with Crippen molar-refractivity contribution in [3.63, 3.8) is 0 Å². The van der Waals surface area contributed by atoms with Crippen LogP contribution in [0.2, 0.25) is 6.82 Å². The van der Waals surface area contributed by atoms with Crippen LogP contribution in [0.3, 0.4) is 0 Å². The Morgan fingerprint density at radius 2 is 1.72 bits per heavy atom. The van der Waals surface area contributed by atoms with Crippen molar-refractivity contribution in [2.75, 3.05) is 6.54 Å². The molecular formula is C24H36BN3O7S. The quantitative estimate of drug-likeness (QED) is 0.384. The molecule has 10 nitrogen and oxygen atoms in total. The largest absolute Gasteiger partial charge is 0.446 e. The van der Waals surface area contributed by atoms with Crippen LogP contribution in [0.5, 0.6) is 0 Å². The van der Waals surface area contributed by atoms with Gasteiger partial charge < -0.3 is 20.7 Å². The highest BCUT2D eigenvalue weighted by Crippen LogP contribution is 2.29. The van der Waals surface area contributed by atoms with E-state index >= 15 is 0 Å². The summed E-state index contributed by atoms with van der Waals surface area (Å²) in [6, 6.07) is 4.25. The Hall–Kier alpha value is -2.60. The maximum atomic E-state index is 13.6. The van der Waals surface area contributed by atoms with Gasteiger partial charge in [0.2, 0.25) is 11.8 Å². The van der Waals surface area contributed by atoms with E-state index in [1.165, 1.54) is 17.0 Å². The number of alkyl carbamates (subject to hydrolysis) is 1. The Bertz CT molecular complexity index is 1070. The number of primary amides is 1. The molecule has 0 aromatic heterocycles. The second kappa shape index (κ2) is 11.2. The Morgan fingerprint density at radius 3 is 2.25 bits per heavy atom. The molecule has 2 fully saturated rings. The van der Waals surface area contributed by atoms with E-state index in [4.69, 9.17) is 14.7 Å². The summed E-state index contributed by atoms with van der Waals surface area (Å²) in [6.45, 7) is 7.13. The summed E-state index contributed by atoms with van der Waals surface area (Å²) in [5.41, 5.74) is 5.82. The summed E-state index contributed by atoms with van der Waals surface area (Å²) >= 11 is 0. The highest BCUT2D eigenvalue weighted by Gasteiger charge is 2.46. The van der Waals surface area contributed by atoms with E-state index < -0.39 is 51.6 Å². The third-order valence-corrected chi connectivity index (χ3v) is 8.08. The molecule has 3 amide bonds. The first-order valence-electron chi connectivity index (χ1n) is 12.4. The maximum absolute atomic E-state index is 13.6. The average Bonchev–Trinajstić information content (AvgIpc) is 3.46. The van der Waals surface area contributed by atoms with Crippen LogP contribution in [0.25, 0.3) is 0 Å². The van der Waals surface area contributed by atoms with Gasteiger partial charge in [-0.3, -0.25) is 13.8 Å². The number of benzene rings is 1. The predicted octanol–water partition coefficient (Wildman–Crippen LogP) is 1.04. The molecule has 0 radical (unpaired) electrons. The third-order valence-electron chi connectivity index (χ3n) is 6.71. The summed E-state index contributed by atoms with van der Waals surface area (Å²) < 4.78 is 36.5. The lowest BCUT2D eigenvalue weighted by molar-refractivity contribution is -0.141. The highest BCUT2D eigenvalue weighted by molar-refractivity contribution is 7.86. The average molecular weight is 521 g/mol. The number of carbonyl (C=O) groups excluding carboxylic acids is 3. The summed E-state index contributed by atoms with van der Waals surface area (Å²) in [5.74, 6) is -1.33. The van der Waals surface area contributed by atoms with Crippen molar-refractivity contribution < 1.29 is 31.7 Å². The molecule has 1 aliphatic carbocycles. The van der Waals surface area contributed by atoms with Gasteiger partial charge in [0.25, 0.3) is 10.1 Å². The molecule has 1 aromatic rings. The van der Waals surface area contributed by atoms with Crippen LogP contribution in [-0.2, 0) is 28.6 Å². The van der Waals surface area contributed by atoms with Crippen molar-refractivity contribution in [3.8, 4) is 0 Å². The molecule has 36 heavy (non-hydrogen) atoms. The minimum atomic E-state index is -4.13. The van der Waals surface area contributed by atoms with Crippen LogP contribution in [0.4, 0.5) is 4.79 Å². The molecule has 0 spiro atoms. The molecule has 3 N–H and O–H groups in total. The second-order valence-electron chi connectivity index (χ2n) is 10.6. The summed E-state index contributed by atoms with van der Waals surface area (Å²) in [7, 11) is -3.37. The molecule has 0 bridgehead atoms. The topological polar surface area (TPSA) is 145 Å². The molecule has 2 aliphatic rings. The summed E-state index contributed by atoms with van der Waals surface area (Å²) in [4.78, 5) is 39.5. The minimum Gasteiger partial charge on any atom is -0.446 e. The molecule has 1 aromatic carbocycles. The summed E-state index contributed by atoms with van der Waals surface area (Å²) in [6.07, 6.45) is 1.63. The molecule has 1 aliphatic heterocycles. The van der Waals surface area contributed by atoms with Gasteiger partial charge in [-0.05, 0) is 43.2 Å². The number of nitrogens with one attached hydrogen (secondary N) is 1. The van der Waals surface area contributed by atoms with E-state index in [1.54, 1.807) is 32.9 Å². The number of hydrogen-bond acceptors (Lipinski definition) is 7. The molecule has 198 valence electrons. The number of carbonyl (C=O) groups is 3. The smallest absolute Gasteiger partial charge is 0.408 e. The van der Waals surface area contributed by atoms with Crippen molar-refractivity contribution >= 4 is 40.8 Å². The zero-order chi connectivity index (χ0) is 26.7. The minimum absolute atomic E-state index is 0.0102. The van der Waals surface area contributed by atoms with Crippen LogP contribution < -0.4 is 16.5 Å². The van der Waals surface area contributed by atoms with Crippen molar-refractivity contribution in [1.29, 1.82) is 0 Å². The highest BCUT2D eigenvalue weighted by atomic mass is 32.2. The Morgan fingerprint density at radius 1 is 1.11 bits per heavy atom. The van der Waals surface area contributed by atoms with E-state index in [9.17, 15) is 22.8 Å². The first kappa shape index (κ1) is 28.0. The molecule has 1 unspecified atom stereocenters. The van der Waals surface area contributed by atoms with E-state index in [-0.39, 0.29) is 24.0 Å². The SMILES string of the molecule is CBc1ccc(S(=O)(=O)OC2C[C@@H](C(N)=O)N(C(=O)[C@@H](NC(=O)OC3CCCC3)C(C)(C)C)C2)cc1. The lowest BCUT2D eigenvalue weighted by Gasteiger charge is -2.35. The lowest BCUT2D eigenvalue weighted by atomic mass is 9.74. The second-order valence-corrected chi connectivity index (χ2v) is 12.1. The van der Waals surface area contributed by atoms with Gasteiger partial charge in [-0.25, -0.2) is 4.79 Å². The molecule has 3 atom stereocenters. The van der Waals surface area contributed by atoms with Gasteiger partial charge in [0, 0.05) is 13.0 Å². The molecule has 1 saturated carbocycles. The van der Waals surface area contributed by atoms with E-state index in [0.717, 1.165) is 38.4 Å². The number of nitrogens with zero attached hydrogens (tertiary/aromatic N) is 1. The van der Waals surface area contributed by atoms with Gasteiger partial charge in [-0.1, -0.05) is 45.2 Å². The number of ether oxygens (including phenoxy) is 1. The van der Waals surface area contributed by atoms with E-state index in [1.807, 2.05) is 6.82 Å². The standard InChI is InChI=1S/C24H36BN3O7S/c1-24(2,3)20(27-23(31)34-16-7-5-6-8-16)22(30)28-14-17(13-19(28)21(26)29)35-36(32,33)18-11-9-15(25-4)10-12-18/h9-12,16-17,19-20,25H,5-8,13-14H2,1-4H3,(H2,26,29)(H,27,31)/t17?,19-,20+/m0/s1. The normalized spacial score (nSPS) is 21.7. The van der Waals surface area contributed by atoms with Crippen LogP contribution in [0, 0.1) is 5.41 Å². The van der Waals surface area contributed by atoms with Gasteiger partial charge in [0.1, 0.15) is 18.2 Å². The molecule has 12 heteroatoms. The van der Waals surface area contributed by atoms with Crippen molar-refractivity contribution in [2.45, 2.75) is 88.9 Å². The summed E-state index contributed by atoms with van der Waals surface area (Å²) in [5, 5.41) is 2.66. The number of likely N-dealkylation sites (tertiary alicyclic amines) is 1. The molecular weight excluding hydrogens is 485 g/mol. The monoisotopic (exact) mass is 521 g/mol. The molecule has 3 rings (SSSR count). The first-order chi connectivity index (χ1) is 16.8. The number of amides is 3. The van der Waals surface area contributed by atoms with Gasteiger partial charge in [-0.15, -0.1) is 0 Å². The molecule has 1 heterocycles. The maximum Gasteiger partial charge on any atom is 0.408 e. The van der Waals surface area contributed by atoms with Gasteiger partial charge in [0.15, 0.2) is 7.28 Å². The van der Waals surface area contributed by atoms with E-state index in [0.29, 0.717) is 0 Å². The zero-order valence-electron chi connectivity index (χ0n) is 21.4. The van der Waals surface area contributed by atoms with Gasteiger partial charge in [-0.2, -0.15) is 8.42 Å². The van der Waals surface area contributed by atoms with Gasteiger partial charge >= 0.3 is 6.09 Å². The van der Waals surface area contributed by atoms with E-state index in [2.05, 4.69) is 5.32 Å². The van der Waals surface area contributed by atoms with Crippen molar-refractivity contribution in [1.82, 2.24) is 10.2 Å². The predicted molar refractivity (Wildman–Crippen MR) is 136 cm³/mol. The number of hydrogen-bond donors (Lipinski definition) is 2. The Balaban J connectivity index is 1.75.